The first-order chi connectivity index (χ1) is 3.85. The Bertz CT molecular complexity index is 117. The van der Waals surface area contributed by atoms with Gasteiger partial charge in [0.25, 0.3) is 0 Å². The lowest BCUT2D eigenvalue weighted by Crippen LogP contribution is -2.36. The highest BCUT2D eigenvalue weighted by Crippen LogP contribution is 2.15. The van der Waals surface area contributed by atoms with Crippen LogP contribution in [0, 0.1) is 0 Å². The molecule has 0 fully saturated rings. The van der Waals surface area contributed by atoms with Crippen LogP contribution in [0.15, 0.2) is 0 Å². The van der Waals surface area contributed by atoms with E-state index in [9.17, 15) is 4.79 Å². The van der Waals surface area contributed by atoms with Crippen molar-refractivity contribution in [1.82, 2.24) is 4.42 Å². The van der Waals surface area contributed by atoms with Crippen molar-refractivity contribution in [1.29, 1.82) is 0 Å². The van der Waals surface area contributed by atoms with E-state index in [1.165, 1.54) is 11.3 Å². The highest BCUT2D eigenvalue weighted by molar-refractivity contribution is 6.21. The summed E-state index contributed by atoms with van der Waals surface area (Å²) in [5, 5.41) is 0. The van der Waals surface area contributed by atoms with Crippen LogP contribution in [0.1, 0.15) is 27.7 Å². The minimum absolute atomic E-state index is 0.121. The van der Waals surface area contributed by atoms with Crippen molar-refractivity contribution in [2.75, 3.05) is 0 Å². The molecule has 0 N–H and O–H groups in total. The number of nitrogens with zero attached hydrogens (tertiary/aromatic N) is 1. The second kappa shape index (κ2) is 2.56. The van der Waals surface area contributed by atoms with Gasteiger partial charge in [-0.3, -0.25) is 4.79 Å². The molecule has 9 heavy (non-hydrogen) atoms. The Morgan fingerprint density at radius 2 is 1.78 bits per heavy atom. The zero-order chi connectivity index (χ0) is 7.65. The predicted octanol–water partition coefficient (Wildman–Crippen LogP) is 1.79. The van der Waals surface area contributed by atoms with Crippen LogP contribution in [0.4, 0.5) is 0 Å². The molecule has 0 unspecified atom stereocenters. The molecule has 2 nitrogen and oxygen atoms in total. The average molecular weight is 150 g/mol. The van der Waals surface area contributed by atoms with Gasteiger partial charge in [-0.15, -0.1) is 0 Å². The van der Waals surface area contributed by atoms with Gasteiger partial charge in [0.15, 0.2) is 0 Å². The van der Waals surface area contributed by atoms with Crippen LogP contribution in [0.3, 0.4) is 0 Å². The van der Waals surface area contributed by atoms with E-state index in [1.54, 1.807) is 0 Å². The molecule has 0 aromatic carbocycles. The van der Waals surface area contributed by atoms with Gasteiger partial charge in [0.05, 0.1) is 5.54 Å². The Morgan fingerprint density at radius 1 is 1.44 bits per heavy atom. The van der Waals surface area contributed by atoms with Crippen LogP contribution in [-0.4, -0.2) is 15.9 Å². The smallest absolute Gasteiger partial charge is 0.234 e. The summed E-state index contributed by atoms with van der Waals surface area (Å²) in [5.74, 6) is -0.121. The molecule has 0 bridgehead atoms. The second-order valence-electron chi connectivity index (χ2n) is 2.97. The van der Waals surface area contributed by atoms with E-state index in [2.05, 4.69) is 0 Å². The van der Waals surface area contributed by atoms with Gasteiger partial charge in [-0.2, -0.15) is 0 Å². The number of halogens is 1. The van der Waals surface area contributed by atoms with Crippen LogP contribution in [0.5, 0.6) is 0 Å². The largest absolute Gasteiger partial charge is 0.274 e. The average Bonchev–Trinajstić information content (AvgIpc) is 1.62. The van der Waals surface area contributed by atoms with Gasteiger partial charge < -0.3 is 0 Å². The minimum Gasteiger partial charge on any atom is -0.274 e. The van der Waals surface area contributed by atoms with Crippen LogP contribution >= 0.6 is 11.8 Å². The van der Waals surface area contributed by atoms with E-state index >= 15 is 0 Å². The maximum atomic E-state index is 10.6. The van der Waals surface area contributed by atoms with E-state index in [0.29, 0.717) is 0 Å². The van der Waals surface area contributed by atoms with Gasteiger partial charge in [0.2, 0.25) is 5.91 Å². The van der Waals surface area contributed by atoms with Crippen molar-refractivity contribution in [3.63, 3.8) is 0 Å². The zero-order valence-corrected chi connectivity index (χ0v) is 6.99. The molecule has 0 spiro atoms. The van der Waals surface area contributed by atoms with Crippen molar-refractivity contribution in [2.45, 2.75) is 33.2 Å². The Hall–Kier alpha value is -0.240. The fourth-order valence-corrected chi connectivity index (χ4v) is 0.472. The standard InChI is InChI=1S/C6H12ClNO/c1-5(9)8(7)6(2,3)4/h1-4H3. The molecule has 0 saturated heterocycles. The molecule has 0 heterocycles. The molecule has 0 aromatic rings. The molecule has 0 aliphatic heterocycles. The van der Waals surface area contributed by atoms with E-state index in [4.69, 9.17) is 11.8 Å². The Kier molecular flexibility index (Phi) is 2.50. The summed E-state index contributed by atoms with van der Waals surface area (Å²) in [4.78, 5) is 10.6. The third kappa shape index (κ3) is 2.70. The van der Waals surface area contributed by atoms with E-state index < -0.39 is 0 Å². The number of carbonyl (C=O) groups is 1. The minimum atomic E-state index is -0.270. The quantitative estimate of drug-likeness (QED) is 0.481. The van der Waals surface area contributed by atoms with Gasteiger partial charge in [0, 0.05) is 18.7 Å². The molecule has 54 valence electrons. The fraction of sp³-hybridized carbons (Fsp3) is 0.833. The van der Waals surface area contributed by atoms with Crippen LogP contribution in [-0.2, 0) is 4.79 Å². The number of amides is 1. The topological polar surface area (TPSA) is 20.3 Å². The molecule has 1 amide bonds. The van der Waals surface area contributed by atoms with Gasteiger partial charge in [-0.25, -0.2) is 4.42 Å². The normalized spacial score (nSPS) is 11.2. The SMILES string of the molecule is CC(=O)N(Cl)C(C)(C)C. The lowest BCUT2D eigenvalue weighted by atomic mass is 10.1. The van der Waals surface area contributed by atoms with Gasteiger partial charge >= 0.3 is 0 Å². The van der Waals surface area contributed by atoms with E-state index in [1.807, 2.05) is 20.8 Å². The van der Waals surface area contributed by atoms with Gasteiger partial charge in [0.1, 0.15) is 0 Å². The summed E-state index contributed by atoms with van der Waals surface area (Å²) in [6.07, 6.45) is 0. The van der Waals surface area contributed by atoms with Crippen molar-refractivity contribution in [2.24, 2.45) is 0 Å². The number of hydrogen-bond donors (Lipinski definition) is 0. The van der Waals surface area contributed by atoms with E-state index in [-0.39, 0.29) is 11.4 Å². The van der Waals surface area contributed by atoms with E-state index in [0.717, 1.165) is 0 Å². The Morgan fingerprint density at radius 3 is 1.78 bits per heavy atom. The summed E-state index contributed by atoms with van der Waals surface area (Å²) in [6.45, 7) is 7.07. The Balaban J connectivity index is 4.04. The summed E-state index contributed by atoms with van der Waals surface area (Å²) < 4.78 is 1.19. The summed E-state index contributed by atoms with van der Waals surface area (Å²) >= 11 is 5.58. The molecular weight excluding hydrogens is 138 g/mol. The summed E-state index contributed by atoms with van der Waals surface area (Å²) in [7, 11) is 0. The molecule has 3 heteroatoms. The van der Waals surface area contributed by atoms with Crippen molar-refractivity contribution < 1.29 is 4.79 Å². The maximum absolute atomic E-state index is 10.6. The zero-order valence-electron chi connectivity index (χ0n) is 6.23. The third-order valence-electron chi connectivity index (χ3n) is 0.865. The number of hydrogen-bond acceptors (Lipinski definition) is 1. The summed E-state index contributed by atoms with van der Waals surface area (Å²) in [6, 6.07) is 0. The second-order valence-corrected chi connectivity index (χ2v) is 3.31. The molecule has 0 aliphatic rings. The van der Waals surface area contributed by atoms with Crippen LogP contribution in [0.25, 0.3) is 0 Å². The molecule has 0 radical (unpaired) electrons. The first kappa shape index (κ1) is 8.76. The highest BCUT2D eigenvalue weighted by Gasteiger charge is 2.21. The number of carbonyl (C=O) groups excluding carboxylic acids is 1. The highest BCUT2D eigenvalue weighted by atomic mass is 35.5. The molecule has 0 aromatic heterocycles. The van der Waals surface area contributed by atoms with Crippen LogP contribution in [0.2, 0.25) is 0 Å². The van der Waals surface area contributed by atoms with Crippen molar-refractivity contribution in [3.8, 4) is 0 Å². The van der Waals surface area contributed by atoms with Crippen molar-refractivity contribution in [3.05, 3.63) is 0 Å². The lowest BCUT2D eigenvalue weighted by molar-refractivity contribution is -0.127. The van der Waals surface area contributed by atoms with Crippen molar-refractivity contribution >= 4 is 17.7 Å². The molecular formula is C6H12ClNO. The molecule has 0 saturated carbocycles. The first-order valence-electron chi connectivity index (χ1n) is 2.82. The molecule has 0 atom stereocenters. The monoisotopic (exact) mass is 149 g/mol. The third-order valence-corrected chi connectivity index (χ3v) is 1.61. The molecule has 0 aliphatic carbocycles. The van der Waals surface area contributed by atoms with Crippen LogP contribution < -0.4 is 0 Å². The fourth-order valence-electron chi connectivity index (χ4n) is 0.472. The van der Waals surface area contributed by atoms with Gasteiger partial charge in [-0.1, -0.05) is 0 Å². The summed E-state index contributed by atoms with van der Waals surface area (Å²) in [5.41, 5.74) is -0.270. The maximum Gasteiger partial charge on any atom is 0.234 e. The lowest BCUT2D eigenvalue weighted by Gasteiger charge is -2.27. The predicted molar refractivity (Wildman–Crippen MR) is 38.1 cm³/mol. The number of rotatable bonds is 0. The van der Waals surface area contributed by atoms with Gasteiger partial charge in [-0.05, 0) is 20.8 Å². The Labute approximate surface area is 60.9 Å². The first-order valence-corrected chi connectivity index (χ1v) is 3.16. The molecule has 0 rings (SSSR count).